The van der Waals surface area contributed by atoms with Crippen LogP contribution in [-0.4, -0.2) is 11.2 Å². The van der Waals surface area contributed by atoms with E-state index in [0.717, 1.165) is 22.2 Å². The molecule has 0 aliphatic heterocycles. The quantitative estimate of drug-likeness (QED) is 0.904. The fraction of sp³-hybridized carbons (Fsp3) is 0.200. The highest BCUT2D eigenvalue weighted by Gasteiger charge is 2.09. The highest BCUT2D eigenvalue weighted by molar-refractivity contribution is 9.10. The maximum absolute atomic E-state index is 13.0. The molecule has 0 bridgehead atoms. The summed E-state index contributed by atoms with van der Waals surface area (Å²) in [6.45, 7) is 0. The molecule has 100 valence electrons. The lowest BCUT2D eigenvalue weighted by Gasteiger charge is -2.11. The van der Waals surface area contributed by atoms with E-state index in [1.807, 2.05) is 24.3 Å². The summed E-state index contributed by atoms with van der Waals surface area (Å²) in [7, 11) is 0. The summed E-state index contributed by atoms with van der Waals surface area (Å²) in [6, 6.07) is 11.3. The van der Waals surface area contributed by atoms with Gasteiger partial charge in [-0.1, -0.05) is 34.1 Å². The molecule has 0 heterocycles. The lowest BCUT2D eigenvalue weighted by Crippen LogP contribution is -2.14. The fourth-order valence-electron chi connectivity index (χ4n) is 1.95. The topological polar surface area (TPSA) is 20.2 Å². The number of rotatable bonds is 4. The molecule has 19 heavy (non-hydrogen) atoms. The maximum atomic E-state index is 13.0. The van der Waals surface area contributed by atoms with Crippen LogP contribution in [0.5, 0.6) is 0 Å². The van der Waals surface area contributed by atoms with Crippen LogP contribution >= 0.6 is 15.9 Å². The molecule has 2 rings (SSSR count). The van der Waals surface area contributed by atoms with Gasteiger partial charge in [0, 0.05) is 4.47 Å². The van der Waals surface area contributed by atoms with E-state index in [4.69, 9.17) is 0 Å². The third kappa shape index (κ3) is 4.11. The normalized spacial score (nSPS) is 12.4. The first-order valence-corrected chi connectivity index (χ1v) is 6.70. The van der Waals surface area contributed by atoms with Crippen LogP contribution in [0.1, 0.15) is 11.1 Å². The molecule has 1 atom stereocenters. The fourth-order valence-corrected chi connectivity index (χ4v) is 2.39. The van der Waals surface area contributed by atoms with Crippen LogP contribution in [0.2, 0.25) is 0 Å². The van der Waals surface area contributed by atoms with Crippen molar-refractivity contribution in [1.29, 1.82) is 0 Å². The first-order chi connectivity index (χ1) is 9.04. The number of benzene rings is 2. The Morgan fingerprint density at radius 3 is 2.26 bits per heavy atom. The molecular weight excluding hydrogens is 314 g/mol. The van der Waals surface area contributed by atoms with Crippen molar-refractivity contribution in [2.75, 3.05) is 0 Å². The average molecular weight is 327 g/mol. The van der Waals surface area contributed by atoms with Crippen molar-refractivity contribution in [1.82, 2.24) is 0 Å². The van der Waals surface area contributed by atoms with Gasteiger partial charge in [-0.05, 0) is 48.2 Å². The number of halogens is 3. The zero-order valence-electron chi connectivity index (χ0n) is 10.1. The molecule has 0 spiro atoms. The van der Waals surface area contributed by atoms with E-state index in [0.29, 0.717) is 18.4 Å². The van der Waals surface area contributed by atoms with Crippen LogP contribution < -0.4 is 0 Å². The number of aliphatic hydroxyl groups excluding tert-OH is 1. The Morgan fingerprint density at radius 2 is 1.63 bits per heavy atom. The van der Waals surface area contributed by atoms with E-state index in [-0.39, 0.29) is 0 Å². The molecule has 0 aliphatic rings. The summed E-state index contributed by atoms with van der Waals surface area (Å²) in [4.78, 5) is 0. The Hall–Kier alpha value is -1.26. The second-order valence-corrected chi connectivity index (χ2v) is 5.36. The van der Waals surface area contributed by atoms with Crippen molar-refractivity contribution in [3.63, 3.8) is 0 Å². The molecule has 0 fully saturated rings. The molecule has 2 aromatic carbocycles. The second-order valence-electron chi connectivity index (χ2n) is 4.44. The Kier molecular flexibility index (Phi) is 4.66. The van der Waals surface area contributed by atoms with Gasteiger partial charge in [0.25, 0.3) is 0 Å². The van der Waals surface area contributed by atoms with Gasteiger partial charge in [0.1, 0.15) is 0 Å². The van der Waals surface area contributed by atoms with Crippen LogP contribution in [0.25, 0.3) is 0 Å². The summed E-state index contributed by atoms with van der Waals surface area (Å²) >= 11 is 3.36. The van der Waals surface area contributed by atoms with Crippen molar-refractivity contribution in [2.45, 2.75) is 18.9 Å². The summed E-state index contributed by atoms with van der Waals surface area (Å²) in [5.41, 5.74) is 1.57. The molecule has 0 aromatic heterocycles. The molecule has 2 aromatic rings. The van der Waals surface area contributed by atoms with Gasteiger partial charge in [-0.3, -0.25) is 0 Å². The van der Waals surface area contributed by atoms with Crippen molar-refractivity contribution >= 4 is 15.9 Å². The molecule has 1 N–H and O–H groups in total. The first-order valence-electron chi connectivity index (χ1n) is 5.91. The first kappa shape index (κ1) is 14.2. The standard InChI is InChI=1S/C15H13BrF2O/c16-12-3-1-2-10(6-12)7-13(19)8-11-4-5-14(17)15(18)9-11/h1-6,9,13,19H,7-8H2. The zero-order chi connectivity index (χ0) is 13.8. The van der Waals surface area contributed by atoms with Crippen molar-refractivity contribution in [3.8, 4) is 0 Å². The van der Waals surface area contributed by atoms with E-state index in [9.17, 15) is 13.9 Å². The third-order valence-corrected chi connectivity index (χ3v) is 3.31. The van der Waals surface area contributed by atoms with E-state index in [1.54, 1.807) is 0 Å². The van der Waals surface area contributed by atoms with Gasteiger partial charge in [-0.25, -0.2) is 8.78 Å². The van der Waals surface area contributed by atoms with Gasteiger partial charge in [-0.2, -0.15) is 0 Å². The van der Waals surface area contributed by atoms with Crippen molar-refractivity contribution < 1.29 is 13.9 Å². The molecular formula is C15H13BrF2O. The lowest BCUT2D eigenvalue weighted by molar-refractivity contribution is 0.175. The van der Waals surface area contributed by atoms with Gasteiger partial charge in [0.05, 0.1) is 6.10 Å². The minimum atomic E-state index is -0.882. The predicted molar refractivity (Wildman–Crippen MR) is 73.9 cm³/mol. The molecule has 0 amide bonds. The predicted octanol–water partition coefficient (Wildman–Crippen LogP) is 3.87. The molecule has 0 saturated carbocycles. The molecule has 0 saturated heterocycles. The number of hydrogen-bond donors (Lipinski definition) is 1. The van der Waals surface area contributed by atoms with Crippen LogP contribution in [0.3, 0.4) is 0 Å². The molecule has 1 unspecified atom stereocenters. The van der Waals surface area contributed by atoms with Gasteiger partial charge < -0.3 is 5.11 Å². The molecule has 1 nitrogen and oxygen atoms in total. The van der Waals surface area contributed by atoms with Crippen LogP contribution in [0.4, 0.5) is 8.78 Å². The lowest BCUT2D eigenvalue weighted by atomic mass is 10.0. The molecule has 4 heteroatoms. The average Bonchev–Trinajstić information content (AvgIpc) is 2.34. The molecule has 0 radical (unpaired) electrons. The van der Waals surface area contributed by atoms with Crippen LogP contribution in [0.15, 0.2) is 46.9 Å². The SMILES string of the molecule is OC(Cc1cccc(Br)c1)Cc1ccc(F)c(F)c1. The Morgan fingerprint density at radius 1 is 0.947 bits per heavy atom. The number of hydrogen-bond acceptors (Lipinski definition) is 1. The van der Waals surface area contributed by atoms with E-state index < -0.39 is 17.7 Å². The summed E-state index contributed by atoms with van der Waals surface area (Å²) < 4.78 is 26.8. The second kappa shape index (κ2) is 6.26. The van der Waals surface area contributed by atoms with Crippen molar-refractivity contribution in [2.24, 2.45) is 0 Å². The zero-order valence-corrected chi connectivity index (χ0v) is 11.7. The van der Waals surface area contributed by atoms with Crippen LogP contribution in [-0.2, 0) is 12.8 Å². The number of aliphatic hydroxyl groups is 1. The maximum Gasteiger partial charge on any atom is 0.159 e. The minimum absolute atomic E-state index is 0.295. The van der Waals surface area contributed by atoms with E-state index in [1.165, 1.54) is 6.07 Å². The largest absolute Gasteiger partial charge is 0.392 e. The van der Waals surface area contributed by atoms with Gasteiger partial charge in [0.15, 0.2) is 11.6 Å². The summed E-state index contributed by atoms with van der Waals surface area (Å²) in [5.74, 6) is -1.75. The Labute approximate surface area is 119 Å². The van der Waals surface area contributed by atoms with Crippen molar-refractivity contribution in [3.05, 3.63) is 69.7 Å². The summed E-state index contributed by atoms with van der Waals surface area (Å²) in [5, 5.41) is 9.98. The monoisotopic (exact) mass is 326 g/mol. The minimum Gasteiger partial charge on any atom is -0.392 e. The highest BCUT2D eigenvalue weighted by atomic mass is 79.9. The van der Waals surface area contributed by atoms with E-state index in [2.05, 4.69) is 15.9 Å². The van der Waals surface area contributed by atoms with Crippen LogP contribution in [0, 0.1) is 11.6 Å². The van der Waals surface area contributed by atoms with Gasteiger partial charge >= 0.3 is 0 Å². The van der Waals surface area contributed by atoms with Gasteiger partial charge in [0.2, 0.25) is 0 Å². The Balaban J connectivity index is 2.01. The van der Waals surface area contributed by atoms with Gasteiger partial charge in [-0.15, -0.1) is 0 Å². The molecule has 0 aliphatic carbocycles. The smallest absolute Gasteiger partial charge is 0.159 e. The Bertz CT molecular complexity index is 572. The third-order valence-electron chi connectivity index (χ3n) is 2.82. The van der Waals surface area contributed by atoms with E-state index >= 15 is 0 Å². The highest BCUT2D eigenvalue weighted by Crippen LogP contribution is 2.16. The summed E-state index contributed by atoms with van der Waals surface area (Å²) in [6.07, 6.45) is 0.140.